The molecule has 0 saturated heterocycles. The summed E-state index contributed by atoms with van der Waals surface area (Å²) in [5, 5.41) is 4.80. The van der Waals surface area contributed by atoms with E-state index in [1.54, 1.807) is 19.9 Å². The van der Waals surface area contributed by atoms with Gasteiger partial charge in [0, 0.05) is 0 Å². The van der Waals surface area contributed by atoms with Crippen LogP contribution < -0.4 is 10.6 Å². The van der Waals surface area contributed by atoms with Gasteiger partial charge in [-0.3, -0.25) is 9.59 Å². The van der Waals surface area contributed by atoms with Gasteiger partial charge in [0.25, 0.3) is 5.91 Å². The van der Waals surface area contributed by atoms with Crippen molar-refractivity contribution in [1.82, 2.24) is 5.32 Å². The first kappa shape index (κ1) is 16.7. The van der Waals surface area contributed by atoms with Crippen molar-refractivity contribution in [2.75, 3.05) is 5.32 Å². The van der Waals surface area contributed by atoms with Crippen molar-refractivity contribution in [3.05, 3.63) is 54.0 Å². The summed E-state index contributed by atoms with van der Waals surface area (Å²) in [4.78, 5) is 24.3. The second kappa shape index (κ2) is 7.04. The average molecular weight is 322 g/mol. The molecule has 122 valence electrons. The van der Waals surface area contributed by atoms with Crippen molar-refractivity contribution in [2.24, 2.45) is 5.92 Å². The molecule has 0 aliphatic heterocycles. The van der Waals surface area contributed by atoms with Gasteiger partial charge in [-0.15, -0.1) is 0 Å². The van der Waals surface area contributed by atoms with Crippen molar-refractivity contribution in [3.63, 3.8) is 0 Å². The summed E-state index contributed by atoms with van der Waals surface area (Å²) in [5.41, 5.74) is -0.284. The normalized spacial score (nSPS) is 12.0. The molecule has 1 atom stereocenters. The smallest absolute Gasteiger partial charge is 0.287 e. The number of carbonyl (C=O) groups is 2. The van der Waals surface area contributed by atoms with E-state index in [0.29, 0.717) is 0 Å². The van der Waals surface area contributed by atoms with Crippen LogP contribution in [0.2, 0.25) is 0 Å². The van der Waals surface area contributed by atoms with Gasteiger partial charge in [-0.05, 0) is 30.2 Å². The van der Waals surface area contributed by atoms with E-state index in [1.165, 1.54) is 24.5 Å². The number of benzene rings is 1. The molecule has 0 saturated carbocycles. The maximum absolute atomic E-state index is 13.6. The fraction of sp³-hybridized carbons (Fsp3) is 0.250. The summed E-state index contributed by atoms with van der Waals surface area (Å²) in [7, 11) is 0. The van der Waals surface area contributed by atoms with E-state index in [4.69, 9.17) is 4.42 Å². The van der Waals surface area contributed by atoms with Crippen LogP contribution in [0.5, 0.6) is 0 Å². The summed E-state index contributed by atoms with van der Waals surface area (Å²) in [6.07, 6.45) is 1.33. The minimum atomic E-state index is -1.15. The van der Waals surface area contributed by atoms with Crippen molar-refractivity contribution in [3.8, 4) is 0 Å². The minimum Gasteiger partial charge on any atom is -0.459 e. The molecule has 7 heteroatoms. The Kier molecular flexibility index (Phi) is 5.10. The zero-order valence-corrected chi connectivity index (χ0v) is 12.6. The molecule has 2 amide bonds. The largest absolute Gasteiger partial charge is 0.459 e. The van der Waals surface area contributed by atoms with E-state index in [1.807, 2.05) is 0 Å². The van der Waals surface area contributed by atoms with Crippen LogP contribution in [0.25, 0.3) is 0 Å². The Bertz CT molecular complexity index is 699. The van der Waals surface area contributed by atoms with Crippen LogP contribution in [-0.2, 0) is 4.79 Å². The highest BCUT2D eigenvalue weighted by Crippen LogP contribution is 2.17. The number of hydrogen-bond donors (Lipinski definition) is 2. The second-order valence-corrected chi connectivity index (χ2v) is 5.26. The quantitative estimate of drug-likeness (QED) is 0.889. The molecule has 0 fully saturated rings. The molecule has 2 aromatic rings. The van der Waals surface area contributed by atoms with Crippen LogP contribution in [0, 0.1) is 17.6 Å². The molecule has 0 unspecified atom stereocenters. The number of hydrogen-bond acceptors (Lipinski definition) is 3. The molecule has 23 heavy (non-hydrogen) atoms. The number of anilines is 1. The Morgan fingerprint density at radius 2 is 1.87 bits per heavy atom. The lowest BCUT2D eigenvalue weighted by atomic mass is 10.0. The first-order chi connectivity index (χ1) is 10.9. The van der Waals surface area contributed by atoms with Gasteiger partial charge in [0.15, 0.2) is 17.4 Å². The Balaban J connectivity index is 2.12. The van der Waals surface area contributed by atoms with Crippen molar-refractivity contribution >= 4 is 17.5 Å². The third kappa shape index (κ3) is 3.94. The average Bonchev–Trinajstić information content (AvgIpc) is 3.03. The number of furan rings is 1. The Morgan fingerprint density at radius 1 is 1.13 bits per heavy atom. The third-order valence-corrected chi connectivity index (χ3v) is 3.19. The first-order valence-corrected chi connectivity index (χ1v) is 6.99. The lowest BCUT2D eigenvalue weighted by Crippen LogP contribution is -2.47. The summed E-state index contributed by atoms with van der Waals surface area (Å²) in [6, 6.07) is 5.53. The molecule has 2 rings (SSSR count). The first-order valence-electron chi connectivity index (χ1n) is 6.99. The lowest BCUT2D eigenvalue weighted by Gasteiger charge is -2.21. The summed E-state index contributed by atoms with van der Waals surface area (Å²) in [5.74, 6) is -3.65. The molecule has 0 spiro atoms. The van der Waals surface area contributed by atoms with Crippen LogP contribution in [0.4, 0.5) is 14.5 Å². The van der Waals surface area contributed by atoms with Gasteiger partial charge in [-0.25, -0.2) is 8.78 Å². The van der Waals surface area contributed by atoms with Gasteiger partial charge < -0.3 is 15.1 Å². The molecule has 5 nitrogen and oxygen atoms in total. The van der Waals surface area contributed by atoms with Gasteiger partial charge in [-0.2, -0.15) is 0 Å². The molecule has 0 bridgehead atoms. The van der Waals surface area contributed by atoms with Gasteiger partial charge in [0.2, 0.25) is 5.91 Å². The van der Waals surface area contributed by atoms with Gasteiger partial charge in [0.1, 0.15) is 6.04 Å². The number of nitrogens with one attached hydrogen (secondary N) is 2. The highest BCUT2D eigenvalue weighted by atomic mass is 19.2. The van der Waals surface area contributed by atoms with E-state index in [9.17, 15) is 18.4 Å². The molecule has 1 aromatic carbocycles. The van der Waals surface area contributed by atoms with Gasteiger partial charge in [-0.1, -0.05) is 19.9 Å². The number of rotatable bonds is 5. The van der Waals surface area contributed by atoms with E-state index in [0.717, 1.165) is 6.07 Å². The molecule has 2 N–H and O–H groups in total. The number of carbonyl (C=O) groups excluding carboxylic acids is 2. The fourth-order valence-electron chi connectivity index (χ4n) is 1.97. The van der Waals surface area contributed by atoms with Crippen LogP contribution >= 0.6 is 0 Å². The molecule has 0 aliphatic rings. The van der Waals surface area contributed by atoms with Crippen molar-refractivity contribution in [1.29, 1.82) is 0 Å². The number of halogens is 2. The summed E-state index contributed by atoms with van der Waals surface area (Å²) >= 11 is 0. The fourth-order valence-corrected chi connectivity index (χ4v) is 1.97. The van der Waals surface area contributed by atoms with E-state index in [-0.39, 0.29) is 17.4 Å². The molecular weight excluding hydrogens is 306 g/mol. The van der Waals surface area contributed by atoms with Crippen molar-refractivity contribution in [2.45, 2.75) is 19.9 Å². The second-order valence-electron chi connectivity index (χ2n) is 5.26. The lowest BCUT2D eigenvalue weighted by molar-refractivity contribution is -0.118. The Morgan fingerprint density at radius 3 is 2.48 bits per heavy atom. The van der Waals surface area contributed by atoms with E-state index >= 15 is 0 Å². The summed E-state index contributed by atoms with van der Waals surface area (Å²) in [6.45, 7) is 3.43. The maximum atomic E-state index is 13.6. The molecule has 1 aromatic heterocycles. The van der Waals surface area contributed by atoms with Crippen LogP contribution in [0.3, 0.4) is 0 Å². The highest BCUT2D eigenvalue weighted by Gasteiger charge is 2.26. The standard InChI is InChI=1S/C16H16F2N2O3/c1-9(2)14(20-15(21)12-7-4-8-23-12)16(22)19-11-6-3-5-10(17)13(11)18/h3-9,14H,1-2H3,(H,19,22)(H,20,21)/t14-/m0/s1. The maximum Gasteiger partial charge on any atom is 0.287 e. The minimum absolute atomic E-state index is 0.0559. The van der Waals surface area contributed by atoms with Crippen molar-refractivity contribution < 1.29 is 22.8 Å². The molecule has 1 heterocycles. The van der Waals surface area contributed by atoms with Gasteiger partial charge >= 0.3 is 0 Å². The zero-order valence-electron chi connectivity index (χ0n) is 12.6. The highest BCUT2D eigenvalue weighted by molar-refractivity contribution is 6.00. The molecule has 0 aliphatic carbocycles. The van der Waals surface area contributed by atoms with Crippen LogP contribution in [0.1, 0.15) is 24.4 Å². The predicted molar refractivity (Wildman–Crippen MR) is 79.8 cm³/mol. The number of amides is 2. The zero-order chi connectivity index (χ0) is 17.0. The van der Waals surface area contributed by atoms with Gasteiger partial charge in [0.05, 0.1) is 12.0 Å². The Hall–Kier alpha value is -2.70. The Labute approximate surface area is 131 Å². The summed E-state index contributed by atoms with van der Waals surface area (Å²) < 4.78 is 31.8. The van der Waals surface area contributed by atoms with E-state index < -0.39 is 29.5 Å². The third-order valence-electron chi connectivity index (χ3n) is 3.19. The molecule has 0 radical (unpaired) electrons. The molecular formula is C16H16F2N2O3. The van der Waals surface area contributed by atoms with Crippen LogP contribution in [0.15, 0.2) is 41.0 Å². The van der Waals surface area contributed by atoms with E-state index in [2.05, 4.69) is 10.6 Å². The SMILES string of the molecule is CC(C)[C@H](NC(=O)c1ccco1)C(=O)Nc1cccc(F)c1F. The predicted octanol–water partition coefficient (Wildman–Crippen LogP) is 2.95. The van der Waals surface area contributed by atoms with Crippen LogP contribution in [-0.4, -0.2) is 17.9 Å². The monoisotopic (exact) mass is 322 g/mol. The topological polar surface area (TPSA) is 71.3 Å².